The quantitative estimate of drug-likeness (QED) is 0.797. The number of aliphatic carboxylic acids is 1. The fraction of sp³-hybridized carbons (Fsp3) is 0.556. The predicted octanol–water partition coefficient (Wildman–Crippen LogP) is 2.07. The van der Waals surface area contributed by atoms with Crippen molar-refractivity contribution in [2.45, 2.75) is 33.1 Å². The number of nitrogens with one attached hydrogen (secondary N) is 1. The second kappa shape index (κ2) is 8.15. The minimum Gasteiger partial charge on any atom is -0.493 e. The summed E-state index contributed by atoms with van der Waals surface area (Å²) in [6, 6.07) is 5.93. The molecule has 1 fully saturated rings. The minimum absolute atomic E-state index is 0.133. The van der Waals surface area contributed by atoms with E-state index in [1.54, 1.807) is 0 Å². The minimum atomic E-state index is -0.915. The number of carboxylic acid groups (broad SMARTS) is 1. The summed E-state index contributed by atoms with van der Waals surface area (Å²) in [5, 5.41) is 12.2. The van der Waals surface area contributed by atoms with Gasteiger partial charge in [-0.05, 0) is 43.9 Å². The number of carbonyl (C=O) groups is 2. The Bertz CT molecular complexity index is 593. The highest BCUT2D eigenvalue weighted by molar-refractivity contribution is 5.79. The Hall–Kier alpha value is -2.08. The van der Waals surface area contributed by atoms with Gasteiger partial charge in [-0.3, -0.25) is 9.59 Å². The van der Waals surface area contributed by atoms with Gasteiger partial charge in [0.25, 0.3) is 0 Å². The number of carbonyl (C=O) groups excluding carboxylic acids is 1. The Labute approximate surface area is 142 Å². The lowest BCUT2D eigenvalue weighted by Gasteiger charge is -2.33. The molecule has 2 N–H and O–H groups in total. The van der Waals surface area contributed by atoms with Gasteiger partial charge in [0, 0.05) is 19.8 Å². The third-order valence-electron chi connectivity index (χ3n) is 4.46. The second-order valence-electron chi connectivity index (χ2n) is 6.34. The summed E-state index contributed by atoms with van der Waals surface area (Å²) in [6.45, 7) is 5.16. The first-order chi connectivity index (χ1) is 11.4. The number of benzene rings is 1. The van der Waals surface area contributed by atoms with Crippen LogP contribution in [0.25, 0.3) is 0 Å². The Balaban J connectivity index is 1.78. The average molecular weight is 335 g/mol. The number of rotatable bonds is 7. The SMILES string of the molecule is Cc1ccc(C)c(OCCC(=O)NCC2(C(=O)O)CCOCC2)c1. The van der Waals surface area contributed by atoms with E-state index in [1.165, 1.54) is 0 Å². The molecule has 0 unspecified atom stereocenters. The molecule has 1 aliphatic heterocycles. The highest BCUT2D eigenvalue weighted by atomic mass is 16.5. The highest BCUT2D eigenvalue weighted by Gasteiger charge is 2.40. The average Bonchev–Trinajstić information content (AvgIpc) is 2.57. The van der Waals surface area contributed by atoms with Gasteiger partial charge < -0.3 is 19.9 Å². The smallest absolute Gasteiger partial charge is 0.311 e. The maximum Gasteiger partial charge on any atom is 0.311 e. The fourth-order valence-corrected chi connectivity index (χ4v) is 2.70. The van der Waals surface area contributed by atoms with E-state index in [2.05, 4.69) is 5.32 Å². The molecule has 1 aromatic rings. The molecule has 1 saturated heterocycles. The summed E-state index contributed by atoms with van der Waals surface area (Å²) in [7, 11) is 0. The second-order valence-corrected chi connectivity index (χ2v) is 6.34. The van der Waals surface area contributed by atoms with Crippen molar-refractivity contribution in [2.75, 3.05) is 26.4 Å². The van der Waals surface area contributed by atoms with Gasteiger partial charge in [-0.2, -0.15) is 0 Å². The molecular weight excluding hydrogens is 310 g/mol. The van der Waals surface area contributed by atoms with Crippen LogP contribution in [0.3, 0.4) is 0 Å². The Morgan fingerprint density at radius 2 is 2.00 bits per heavy atom. The van der Waals surface area contributed by atoms with Gasteiger partial charge in [-0.1, -0.05) is 12.1 Å². The molecule has 24 heavy (non-hydrogen) atoms. The molecule has 6 heteroatoms. The van der Waals surface area contributed by atoms with Gasteiger partial charge in [0.15, 0.2) is 0 Å². The molecule has 1 aliphatic rings. The Kier molecular flexibility index (Phi) is 6.20. The van der Waals surface area contributed by atoms with Crippen LogP contribution < -0.4 is 10.1 Å². The Morgan fingerprint density at radius 1 is 1.29 bits per heavy atom. The predicted molar refractivity (Wildman–Crippen MR) is 89.2 cm³/mol. The van der Waals surface area contributed by atoms with Crippen molar-refractivity contribution in [1.82, 2.24) is 5.32 Å². The van der Waals surface area contributed by atoms with Gasteiger partial charge in [0.2, 0.25) is 5.91 Å². The molecule has 6 nitrogen and oxygen atoms in total. The summed E-state index contributed by atoms with van der Waals surface area (Å²) in [6.07, 6.45) is 1.03. The van der Waals surface area contributed by atoms with E-state index in [1.807, 2.05) is 32.0 Å². The van der Waals surface area contributed by atoms with E-state index in [4.69, 9.17) is 9.47 Å². The first-order valence-corrected chi connectivity index (χ1v) is 8.21. The van der Waals surface area contributed by atoms with Crippen molar-refractivity contribution >= 4 is 11.9 Å². The summed E-state index contributed by atoms with van der Waals surface area (Å²) < 4.78 is 10.9. The van der Waals surface area contributed by atoms with Crippen molar-refractivity contribution in [1.29, 1.82) is 0 Å². The van der Waals surface area contributed by atoms with Crippen LogP contribution >= 0.6 is 0 Å². The van der Waals surface area contributed by atoms with Crippen molar-refractivity contribution in [3.63, 3.8) is 0 Å². The standard InChI is InChI=1S/C18H25NO5/c1-13-3-4-14(2)15(11-13)24-8-5-16(20)19-12-18(17(21)22)6-9-23-10-7-18/h3-4,11H,5-10,12H2,1-2H3,(H,19,20)(H,21,22). The lowest BCUT2D eigenvalue weighted by Crippen LogP contribution is -2.46. The van der Waals surface area contributed by atoms with Crippen LogP contribution in [0, 0.1) is 19.3 Å². The van der Waals surface area contributed by atoms with Crippen LogP contribution in [0.15, 0.2) is 18.2 Å². The van der Waals surface area contributed by atoms with E-state index in [0.29, 0.717) is 26.1 Å². The third kappa shape index (κ3) is 4.71. The van der Waals surface area contributed by atoms with Crippen molar-refractivity contribution in [3.8, 4) is 5.75 Å². The van der Waals surface area contributed by atoms with Crippen LogP contribution in [-0.2, 0) is 14.3 Å². The molecule has 1 aromatic carbocycles. The maximum absolute atomic E-state index is 12.0. The molecule has 0 atom stereocenters. The van der Waals surface area contributed by atoms with Gasteiger partial charge in [0.05, 0.1) is 18.4 Å². The molecule has 1 amide bonds. The molecule has 0 saturated carbocycles. The number of amides is 1. The number of hydrogen-bond acceptors (Lipinski definition) is 4. The molecule has 2 rings (SSSR count). The lowest BCUT2D eigenvalue weighted by atomic mass is 9.80. The molecule has 0 aromatic heterocycles. The third-order valence-corrected chi connectivity index (χ3v) is 4.46. The number of carboxylic acids is 1. The first-order valence-electron chi connectivity index (χ1n) is 8.21. The van der Waals surface area contributed by atoms with Crippen LogP contribution in [0.2, 0.25) is 0 Å². The lowest BCUT2D eigenvalue weighted by molar-refractivity contribution is -0.154. The normalized spacial score (nSPS) is 16.4. The van der Waals surface area contributed by atoms with Crippen LogP contribution in [0.1, 0.15) is 30.4 Å². The molecule has 0 bridgehead atoms. The van der Waals surface area contributed by atoms with Crippen LogP contribution in [0.5, 0.6) is 5.75 Å². The largest absolute Gasteiger partial charge is 0.493 e. The zero-order valence-electron chi connectivity index (χ0n) is 14.3. The molecular formula is C18H25NO5. The molecule has 0 aliphatic carbocycles. The van der Waals surface area contributed by atoms with E-state index in [0.717, 1.165) is 16.9 Å². The molecule has 1 heterocycles. The molecule has 132 valence electrons. The van der Waals surface area contributed by atoms with Crippen molar-refractivity contribution < 1.29 is 24.2 Å². The molecule has 0 radical (unpaired) electrons. The number of hydrogen-bond donors (Lipinski definition) is 2. The summed E-state index contributed by atoms with van der Waals surface area (Å²) >= 11 is 0. The van der Waals surface area contributed by atoms with Crippen LogP contribution in [-0.4, -0.2) is 43.3 Å². The number of aryl methyl sites for hydroxylation is 2. The van der Waals surface area contributed by atoms with E-state index in [-0.39, 0.29) is 25.5 Å². The van der Waals surface area contributed by atoms with E-state index < -0.39 is 11.4 Å². The summed E-state index contributed by atoms with van der Waals surface area (Å²) in [4.78, 5) is 23.5. The summed E-state index contributed by atoms with van der Waals surface area (Å²) in [5.74, 6) is -0.306. The zero-order valence-corrected chi connectivity index (χ0v) is 14.3. The zero-order chi connectivity index (χ0) is 17.6. The van der Waals surface area contributed by atoms with Crippen molar-refractivity contribution in [2.24, 2.45) is 5.41 Å². The number of ether oxygens (including phenoxy) is 2. The Morgan fingerprint density at radius 3 is 2.67 bits per heavy atom. The first kappa shape index (κ1) is 18.3. The maximum atomic E-state index is 12.0. The van der Waals surface area contributed by atoms with E-state index in [9.17, 15) is 14.7 Å². The van der Waals surface area contributed by atoms with Gasteiger partial charge in [-0.15, -0.1) is 0 Å². The highest BCUT2D eigenvalue weighted by Crippen LogP contribution is 2.30. The van der Waals surface area contributed by atoms with Crippen molar-refractivity contribution in [3.05, 3.63) is 29.3 Å². The van der Waals surface area contributed by atoms with Gasteiger partial charge >= 0.3 is 5.97 Å². The van der Waals surface area contributed by atoms with Crippen LogP contribution in [0.4, 0.5) is 0 Å². The fourth-order valence-electron chi connectivity index (χ4n) is 2.70. The molecule has 0 spiro atoms. The summed E-state index contributed by atoms with van der Waals surface area (Å²) in [5.41, 5.74) is 1.21. The van der Waals surface area contributed by atoms with Gasteiger partial charge in [0.1, 0.15) is 5.75 Å². The van der Waals surface area contributed by atoms with Gasteiger partial charge in [-0.25, -0.2) is 0 Å². The van der Waals surface area contributed by atoms with E-state index >= 15 is 0 Å². The topological polar surface area (TPSA) is 84.9 Å². The monoisotopic (exact) mass is 335 g/mol.